The van der Waals surface area contributed by atoms with Crippen LogP contribution in [0, 0.1) is 5.92 Å². The average Bonchev–Trinajstić information content (AvgIpc) is 2.36. The molecule has 0 bridgehead atoms. The maximum absolute atomic E-state index is 12.1. The summed E-state index contributed by atoms with van der Waals surface area (Å²) in [6.07, 6.45) is 1.34. The van der Waals surface area contributed by atoms with E-state index >= 15 is 0 Å². The molecule has 1 aromatic rings. The number of carbonyl (C=O) groups is 2. The third-order valence-corrected chi connectivity index (χ3v) is 3.12. The fourth-order valence-electron chi connectivity index (χ4n) is 1.49. The molecule has 1 heterocycles. The Morgan fingerprint density at radius 2 is 1.94 bits per heavy atom. The summed E-state index contributed by atoms with van der Waals surface area (Å²) in [5.41, 5.74) is 0.226. The minimum atomic E-state index is -1.06. The first-order valence-corrected chi connectivity index (χ1v) is 5.81. The van der Waals surface area contributed by atoms with Crippen LogP contribution in [0.1, 0.15) is 41.6 Å². The first-order chi connectivity index (χ1) is 8.34. The second kappa shape index (κ2) is 5.62. The summed E-state index contributed by atoms with van der Waals surface area (Å²) in [7, 11) is 1.70. The number of hydrogen-bond donors (Lipinski definition) is 1. The average molecular weight is 250 g/mol. The van der Waals surface area contributed by atoms with Gasteiger partial charge >= 0.3 is 5.97 Å². The molecule has 1 aromatic heterocycles. The summed E-state index contributed by atoms with van der Waals surface area (Å²) in [6, 6.07) is 2.73. The molecule has 0 spiro atoms. The largest absolute Gasteiger partial charge is 0.478 e. The van der Waals surface area contributed by atoms with Crippen LogP contribution in [-0.2, 0) is 0 Å². The van der Waals surface area contributed by atoms with Crippen LogP contribution in [0.5, 0.6) is 0 Å². The van der Waals surface area contributed by atoms with Crippen LogP contribution in [-0.4, -0.2) is 40.0 Å². The summed E-state index contributed by atoms with van der Waals surface area (Å²) in [4.78, 5) is 28.5. The van der Waals surface area contributed by atoms with Gasteiger partial charge in [-0.05, 0) is 25.0 Å². The molecule has 18 heavy (non-hydrogen) atoms. The number of hydrogen-bond acceptors (Lipinski definition) is 3. The molecule has 1 unspecified atom stereocenters. The molecule has 1 atom stereocenters. The van der Waals surface area contributed by atoms with Crippen LogP contribution >= 0.6 is 0 Å². The van der Waals surface area contributed by atoms with Crippen LogP contribution in [0.3, 0.4) is 0 Å². The Labute approximate surface area is 106 Å². The Hall–Kier alpha value is -1.91. The number of pyridine rings is 1. The monoisotopic (exact) mass is 250 g/mol. The van der Waals surface area contributed by atoms with Crippen molar-refractivity contribution >= 4 is 11.9 Å². The van der Waals surface area contributed by atoms with Crippen molar-refractivity contribution in [2.75, 3.05) is 7.05 Å². The van der Waals surface area contributed by atoms with E-state index < -0.39 is 5.97 Å². The number of amides is 1. The number of carboxylic acid groups (broad SMARTS) is 1. The first-order valence-electron chi connectivity index (χ1n) is 5.81. The van der Waals surface area contributed by atoms with Gasteiger partial charge < -0.3 is 10.0 Å². The highest BCUT2D eigenvalue weighted by Crippen LogP contribution is 2.12. The van der Waals surface area contributed by atoms with Crippen molar-refractivity contribution in [3.8, 4) is 0 Å². The smallest absolute Gasteiger partial charge is 0.335 e. The number of carbonyl (C=O) groups excluding carboxylic acids is 1. The molecule has 0 radical (unpaired) electrons. The van der Waals surface area contributed by atoms with Gasteiger partial charge in [0.15, 0.2) is 0 Å². The normalized spacial score (nSPS) is 12.3. The zero-order valence-corrected chi connectivity index (χ0v) is 11.0. The molecule has 0 saturated heterocycles. The van der Waals surface area contributed by atoms with Crippen molar-refractivity contribution in [3.05, 3.63) is 29.6 Å². The van der Waals surface area contributed by atoms with Gasteiger partial charge in [0.25, 0.3) is 5.91 Å². The topological polar surface area (TPSA) is 70.5 Å². The Balaban J connectivity index is 2.97. The van der Waals surface area contributed by atoms with Gasteiger partial charge in [0.2, 0.25) is 0 Å². The van der Waals surface area contributed by atoms with Crippen molar-refractivity contribution in [1.29, 1.82) is 0 Å². The second-order valence-electron chi connectivity index (χ2n) is 4.64. The van der Waals surface area contributed by atoms with Gasteiger partial charge in [-0.15, -0.1) is 0 Å². The number of aromatic nitrogens is 1. The van der Waals surface area contributed by atoms with Gasteiger partial charge in [-0.2, -0.15) is 0 Å². The molecule has 1 rings (SSSR count). The lowest BCUT2D eigenvalue weighted by Crippen LogP contribution is -2.38. The SMILES string of the molecule is CC(C)C(C)N(C)C(=O)c1cc(C(=O)O)ccn1. The molecule has 5 heteroatoms. The fraction of sp³-hybridized carbons (Fsp3) is 0.462. The molecule has 0 aliphatic heterocycles. The number of nitrogens with zero attached hydrogens (tertiary/aromatic N) is 2. The number of carboxylic acids is 1. The highest BCUT2D eigenvalue weighted by atomic mass is 16.4. The van der Waals surface area contributed by atoms with Gasteiger partial charge in [-0.1, -0.05) is 13.8 Å². The van der Waals surface area contributed by atoms with Gasteiger partial charge in [0.05, 0.1) is 5.56 Å². The van der Waals surface area contributed by atoms with Gasteiger partial charge in [0, 0.05) is 19.3 Å². The van der Waals surface area contributed by atoms with E-state index in [-0.39, 0.29) is 23.2 Å². The molecule has 5 nitrogen and oxygen atoms in total. The molecular formula is C13H18N2O3. The van der Waals surface area contributed by atoms with Crippen LogP contribution in [0.4, 0.5) is 0 Å². The molecule has 0 aromatic carbocycles. The minimum Gasteiger partial charge on any atom is -0.478 e. The van der Waals surface area contributed by atoms with Crippen molar-refractivity contribution in [2.45, 2.75) is 26.8 Å². The summed E-state index contributed by atoms with van der Waals surface area (Å²) in [5.74, 6) is -1.01. The second-order valence-corrected chi connectivity index (χ2v) is 4.64. The minimum absolute atomic E-state index is 0.0628. The standard InChI is InChI=1S/C13H18N2O3/c1-8(2)9(3)15(4)12(16)11-7-10(13(17)18)5-6-14-11/h5-9H,1-4H3,(H,17,18). The zero-order valence-electron chi connectivity index (χ0n) is 11.0. The quantitative estimate of drug-likeness (QED) is 0.886. The van der Waals surface area contributed by atoms with Crippen molar-refractivity contribution in [3.63, 3.8) is 0 Å². The van der Waals surface area contributed by atoms with Crippen LogP contribution in [0.25, 0.3) is 0 Å². The third-order valence-electron chi connectivity index (χ3n) is 3.12. The van der Waals surface area contributed by atoms with Crippen molar-refractivity contribution < 1.29 is 14.7 Å². The van der Waals surface area contributed by atoms with E-state index in [2.05, 4.69) is 4.98 Å². The van der Waals surface area contributed by atoms with E-state index in [0.717, 1.165) is 0 Å². The number of rotatable bonds is 4. The number of aromatic carboxylic acids is 1. The lowest BCUT2D eigenvalue weighted by Gasteiger charge is -2.27. The van der Waals surface area contributed by atoms with E-state index in [9.17, 15) is 9.59 Å². The van der Waals surface area contributed by atoms with E-state index in [1.165, 1.54) is 18.3 Å². The van der Waals surface area contributed by atoms with Gasteiger partial charge in [0.1, 0.15) is 5.69 Å². The van der Waals surface area contributed by atoms with Crippen LogP contribution in [0.2, 0.25) is 0 Å². The van der Waals surface area contributed by atoms with E-state index in [1.54, 1.807) is 11.9 Å². The molecular weight excluding hydrogens is 232 g/mol. The van der Waals surface area contributed by atoms with Gasteiger partial charge in [-0.3, -0.25) is 9.78 Å². The summed E-state index contributed by atoms with van der Waals surface area (Å²) < 4.78 is 0. The Kier molecular flexibility index (Phi) is 4.42. The van der Waals surface area contributed by atoms with Crippen LogP contribution < -0.4 is 0 Å². The first kappa shape index (κ1) is 14.2. The Bertz CT molecular complexity index is 457. The van der Waals surface area contributed by atoms with Gasteiger partial charge in [-0.25, -0.2) is 4.79 Å². The summed E-state index contributed by atoms with van der Waals surface area (Å²) in [6.45, 7) is 5.99. The zero-order chi connectivity index (χ0) is 13.9. The Morgan fingerprint density at radius 1 is 1.33 bits per heavy atom. The molecule has 98 valence electrons. The third kappa shape index (κ3) is 3.06. The predicted molar refractivity (Wildman–Crippen MR) is 67.6 cm³/mol. The van der Waals surface area contributed by atoms with Crippen LogP contribution in [0.15, 0.2) is 18.3 Å². The fourth-order valence-corrected chi connectivity index (χ4v) is 1.49. The predicted octanol–water partition coefficient (Wildman–Crippen LogP) is 1.90. The van der Waals surface area contributed by atoms with Crippen molar-refractivity contribution in [2.24, 2.45) is 5.92 Å². The van der Waals surface area contributed by atoms with E-state index in [0.29, 0.717) is 5.92 Å². The molecule has 0 aliphatic rings. The summed E-state index contributed by atoms with van der Waals surface area (Å²) in [5, 5.41) is 8.87. The maximum atomic E-state index is 12.1. The molecule has 1 amide bonds. The molecule has 1 N–H and O–H groups in total. The Morgan fingerprint density at radius 3 is 2.44 bits per heavy atom. The molecule has 0 aliphatic carbocycles. The van der Waals surface area contributed by atoms with E-state index in [4.69, 9.17) is 5.11 Å². The highest BCUT2D eigenvalue weighted by molar-refractivity contribution is 5.95. The van der Waals surface area contributed by atoms with E-state index in [1.807, 2.05) is 20.8 Å². The lowest BCUT2D eigenvalue weighted by atomic mass is 10.0. The molecule has 0 fully saturated rings. The molecule has 0 saturated carbocycles. The highest BCUT2D eigenvalue weighted by Gasteiger charge is 2.21. The summed E-state index contributed by atoms with van der Waals surface area (Å²) >= 11 is 0. The lowest BCUT2D eigenvalue weighted by molar-refractivity contribution is 0.0696. The van der Waals surface area contributed by atoms with Crippen molar-refractivity contribution in [1.82, 2.24) is 9.88 Å². The maximum Gasteiger partial charge on any atom is 0.335 e.